The van der Waals surface area contributed by atoms with Crippen molar-refractivity contribution in [1.82, 2.24) is 9.80 Å². The van der Waals surface area contributed by atoms with Crippen molar-refractivity contribution in [3.63, 3.8) is 0 Å². The highest BCUT2D eigenvalue weighted by atomic mass is 16.3. The normalized spacial score (nSPS) is 43.2. The highest BCUT2D eigenvalue weighted by Gasteiger charge is 2.42. The number of piperidine rings is 1. The van der Waals surface area contributed by atoms with Gasteiger partial charge in [-0.25, -0.2) is 0 Å². The molecule has 3 fully saturated rings. The molecule has 2 heterocycles. The van der Waals surface area contributed by atoms with Crippen LogP contribution in [0.25, 0.3) is 0 Å². The first kappa shape index (κ1) is 14.8. The molecule has 1 aliphatic carbocycles. The number of hydrogen-bond acceptors (Lipinski definition) is 3. The van der Waals surface area contributed by atoms with Gasteiger partial charge in [0.2, 0.25) is 0 Å². The molecule has 2 aliphatic heterocycles. The molecule has 0 bridgehead atoms. The van der Waals surface area contributed by atoms with Crippen LogP contribution in [-0.2, 0) is 0 Å². The van der Waals surface area contributed by atoms with Crippen molar-refractivity contribution in [2.24, 2.45) is 5.41 Å². The molecule has 1 N–H and O–H groups in total. The van der Waals surface area contributed by atoms with E-state index in [9.17, 15) is 5.11 Å². The summed E-state index contributed by atoms with van der Waals surface area (Å²) < 4.78 is 0. The fourth-order valence-corrected chi connectivity index (χ4v) is 4.71. The predicted molar refractivity (Wildman–Crippen MR) is 82.8 cm³/mol. The molecule has 116 valence electrons. The summed E-state index contributed by atoms with van der Waals surface area (Å²) in [7, 11) is 0. The zero-order chi connectivity index (χ0) is 14.3. The van der Waals surface area contributed by atoms with Crippen molar-refractivity contribution in [3.05, 3.63) is 0 Å². The summed E-state index contributed by atoms with van der Waals surface area (Å²) in [5, 5.41) is 10.5. The summed E-state index contributed by atoms with van der Waals surface area (Å²) in [5.41, 5.74) is 0.396. The van der Waals surface area contributed by atoms with Crippen LogP contribution in [0.1, 0.15) is 59.3 Å². The van der Waals surface area contributed by atoms with Gasteiger partial charge in [0.05, 0.1) is 6.10 Å². The largest absolute Gasteiger partial charge is 0.391 e. The Hall–Kier alpha value is -0.120. The maximum atomic E-state index is 10.5. The van der Waals surface area contributed by atoms with Crippen LogP contribution in [0.4, 0.5) is 0 Å². The molecule has 0 aromatic heterocycles. The molecule has 3 nitrogen and oxygen atoms in total. The van der Waals surface area contributed by atoms with E-state index >= 15 is 0 Å². The van der Waals surface area contributed by atoms with Crippen molar-refractivity contribution in [2.75, 3.05) is 19.6 Å². The molecule has 3 rings (SSSR count). The van der Waals surface area contributed by atoms with Gasteiger partial charge in [-0.2, -0.15) is 0 Å². The molecule has 1 saturated carbocycles. The van der Waals surface area contributed by atoms with E-state index in [0.29, 0.717) is 17.5 Å². The number of aliphatic hydroxyl groups is 1. The van der Waals surface area contributed by atoms with Crippen LogP contribution < -0.4 is 0 Å². The van der Waals surface area contributed by atoms with E-state index in [-0.39, 0.29) is 6.10 Å². The topological polar surface area (TPSA) is 26.7 Å². The minimum atomic E-state index is -0.111. The van der Waals surface area contributed by atoms with E-state index < -0.39 is 0 Å². The van der Waals surface area contributed by atoms with Gasteiger partial charge in [0.15, 0.2) is 0 Å². The van der Waals surface area contributed by atoms with E-state index in [0.717, 1.165) is 18.9 Å². The quantitative estimate of drug-likeness (QED) is 0.799. The highest BCUT2D eigenvalue weighted by molar-refractivity contribution is 4.97. The summed E-state index contributed by atoms with van der Waals surface area (Å²) in [5.74, 6) is 0. The van der Waals surface area contributed by atoms with Gasteiger partial charge in [0.25, 0.3) is 0 Å². The monoisotopic (exact) mass is 280 g/mol. The number of aliphatic hydroxyl groups excluding tert-OH is 1. The summed E-state index contributed by atoms with van der Waals surface area (Å²) in [4.78, 5) is 5.35. The van der Waals surface area contributed by atoms with Crippen molar-refractivity contribution < 1.29 is 5.11 Å². The second-order valence-electron chi connectivity index (χ2n) is 8.23. The summed E-state index contributed by atoms with van der Waals surface area (Å²) in [6.07, 6.45) is 7.32. The fraction of sp³-hybridized carbons (Fsp3) is 1.00. The van der Waals surface area contributed by atoms with Crippen molar-refractivity contribution in [1.29, 1.82) is 0 Å². The Labute approximate surface area is 124 Å². The SMILES string of the molecule is CC1CN2CCCCC2CN1C1CC(C)(C)CCC1O. The van der Waals surface area contributed by atoms with E-state index in [1.165, 1.54) is 45.3 Å². The zero-order valence-corrected chi connectivity index (χ0v) is 13.5. The zero-order valence-electron chi connectivity index (χ0n) is 13.5. The third kappa shape index (κ3) is 2.90. The molecule has 3 heteroatoms. The molecular weight excluding hydrogens is 248 g/mol. The summed E-state index contributed by atoms with van der Waals surface area (Å²) >= 11 is 0. The molecule has 0 radical (unpaired) electrons. The molecule has 4 atom stereocenters. The maximum Gasteiger partial charge on any atom is 0.0695 e. The Morgan fingerprint density at radius 2 is 1.90 bits per heavy atom. The van der Waals surface area contributed by atoms with Gasteiger partial charge in [0, 0.05) is 31.2 Å². The van der Waals surface area contributed by atoms with E-state index in [4.69, 9.17) is 0 Å². The fourth-order valence-electron chi connectivity index (χ4n) is 4.71. The third-order valence-electron chi connectivity index (χ3n) is 5.98. The highest BCUT2D eigenvalue weighted by Crippen LogP contribution is 2.39. The maximum absolute atomic E-state index is 10.5. The molecule has 2 saturated heterocycles. The smallest absolute Gasteiger partial charge is 0.0695 e. The Bertz CT molecular complexity index is 344. The average Bonchev–Trinajstić information content (AvgIpc) is 2.41. The lowest BCUT2D eigenvalue weighted by molar-refractivity contribution is -0.0746. The second-order valence-corrected chi connectivity index (χ2v) is 8.23. The summed E-state index contributed by atoms with van der Waals surface area (Å²) in [6, 6.07) is 1.73. The second kappa shape index (κ2) is 5.58. The van der Waals surface area contributed by atoms with Gasteiger partial charge < -0.3 is 5.11 Å². The molecule has 0 aromatic rings. The van der Waals surface area contributed by atoms with Crippen LogP contribution in [0.5, 0.6) is 0 Å². The molecular formula is C17H32N2O. The molecule has 0 aromatic carbocycles. The minimum absolute atomic E-state index is 0.111. The first-order valence-corrected chi connectivity index (χ1v) is 8.64. The van der Waals surface area contributed by atoms with E-state index in [1.54, 1.807) is 0 Å². The van der Waals surface area contributed by atoms with Crippen LogP contribution in [0.3, 0.4) is 0 Å². The first-order valence-electron chi connectivity index (χ1n) is 8.64. The van der Waals surface area contributed by atoms with Crippen molar-refractivity contribution in [2.45, 2.75) is 83.5 Å². The number of hydrogen-bond donors (Lipinski definition) is 1. The van der Waals surface area contributed by atoms with E-state index in [2.05, 4.69) is 30.6 Å². The molecule has 0 spiro atoms. The van der Waals surface area contributed by atoms with Gasteiger partial charge in [-0.05, 0) is 51.0 Å². The Morgan fingerprint density at radius 3 is 2.70 bits per heavy atom. The average molecular weight is 280 g/mol. The predicted octanol–water partition coefficient (Wildman–Crippen LogP) is 2.48. The minimum Gasteiger partial charge on any atom is -0.391 e. The number of piperazine rings is 1. The van der Waals surface area contributed by atoms with Crippen LogP contribution >= 0.6 is 0 Å². The number of rotatable bonds is 1. The van der Waals surface area contributed by atoms with Gasteiger partial charge >= 0.3 is 0 Å². The molecule has 20 heavy (non-hydrogen) atoms. The van der Waals surface area contributed by atoms with Gasteiger partial charge in [-0.15, -0.1) is 0 Å². The molecule has 0 amide bonds. The lowest BCUT2D eigenvalue weighted by atomic mass is 9.73. The van der Waals surface area contributed by atoms with Crippen molar-refractivity contribution in [3.8, 4) is 0 Å². The molecule has 3 aliphatic rings. The Kier molecular flexibility index (Phi) is 4.13. The Balaban J connectivity index is 1.71. The standard InChI is InChI=1S/C17H32N2O/c1-13-11-18-9-5-4-6-14(18)12-19(13)15-10-17(2,3)8-7-16(15)20/h13-16,20H,4-12H2,1-3H3. The van der Waals surface area contributed by atoms with Crippen LogP contribution in [0.15, 0.2) is 0 Å². The lowest BCUT2D eigenvalue weighted by Gasteiger charge is -2.53. The molecule has 4 unspecified atom stereocenters. The number of fused-ring (bicyclic) bond motifs is 1. The van der Waals surface area contributed by atoms with E-state index in [1.807, 2.05) is 0 Å². The van der Waals surface area contributed by atoms with Gasteiger partial charge in [-0.1, -0.05) is 20.3 Å². The Morgan fingerprint density at radius 1 is 1.10 bits per heavy atom. The van der Waals surface area contributed by atoms with Crippen LogP contribution in [0, 0.1) is 5.41 Å². The number of nitrogens with zero attached hydrogens (tertiary/aromatic N) is 2. The van der Waals surface area contributed by atoms with Gasteiger partial charge in [-0.3, -0.25) is 9.80 Å². The van der Waals surface area contributed by atoms with Gasteiger partial charge in [0.1, 0.15) is 0 Å². The summed E-state index contributed by atoms with van der Waals surface area (Å²) in [6.45, 7) is 10.8. The third-order valence-corrected chi connectivity index (χ3v) is 5.98. The van der Waals surface area contributed by atoms with Crippen molar-refractivity contribution >= 4 is 0 Å². The lowest BCUT2D eigenvalue weighted by Crippen LogP contribution is -2.64. The van der Waals surface area contributed by atoms with Crippen LogP contribution in [-0.4, -0.2) is 58.8 Å². The van der Waals surface area contributed by atoms with Crippen LogP contribution in [0.2, 0.25) is 0 Å². The first-order chi connectivity index (χ1) is 9.46.